The van der Waals surface area contributed by atoms with Crippen LogP contribution in [-0.2, 0) is 11.3 Å². The average molecular weight is 466 g/mol. The highest BCUT2D eigenvalue weighted by Gasteiger charge is 2.43. The summed E-state index contributed by atoms with van der Waals surface area (Å²) in [6.07, 6.45) is 2.06. The Labute approximate surface area is 196 Å². The molecule has 4 rings (SSSR count). The number of nitrogens with zero attached hydrogens (tertiary/aromatic N) is 1. The fourth-order valence-corrected chi connectivity index (χ4v) is 4.34. The zero-order chi connectivity index (χ0) is 23.7. The third kappa shape index (κ3) is 4.68. The van der Waals surface area contributed by atoms with Crippen LogP contribution < -0.4 is 10.6 Å². The Hall–Kier alpha value is -3.45. The molecule has 1 saturated carbocycles. The van der Waals surface area contributed by atoms with E-state index in [1.54, 1.807) is 30.3 Å². The number of imide groups is 1. The van der Waals surface area contributed by atoms with E-state index in [0.29, 0.717) is 29.1 Å². The molecule has 2 aliphatic rings. The first-order chi connectivity index (χ1) is 15.7. The monoisotopic (exact) mass is 465 g/mol. The Morgan fingerprint density at radius 1 is 1.12 bits per heavy atom. The molecule has 8 heteroatoms. The van der Waals surface area contributed by atoms with Crippen LogP contribution in [0, 0.1) is 6.92 Å². The van der Waals surface area contributed by atoms with E-state index < -0.39 is 23.9 Å². The van der Waals surface area contributed by atoms with Crippen LogP contribution in [0.2, 0.25) is 5.02 Å². The number of amides is 4. The van der Waals surface area contributed by atoms with Crippen molar-refractivity contribution in [3.05, 3.63) is 75.8 Å². The Morgan fingerprint density at radius 2 is 1.88 bits per heavy atom. The van der Waals surface area contributed by atoms with Crippen molar-refractivity contribution in [2.45, 2.75) is 45.2 Å². The first kappa shape index (κ1) is 22.7. The zero-order valence-electron chi connectivity index (χ0n) is 18.2. The van der Waals surface area contributed by atoms with Gasteiger partial charge in [-0.05, 0) is 61.6 Å². The molecule has 0 radical (unpaired) electrons. The first-order valence-corrected chi connectivity index (χ1v) is 11.1. The number of nitrogens with one attached hydrogen (secondary N) is 2. The number of hydrogen-bond donors (Lipinski definition) is 2. The van der Waals surface area contributed by atoms with E-state index in [0.717, 1.165) is 22.5 Å². The molecule has 7 nitrogen and oxygen atoms in total. The maximum absolute atomic E-state index is 13.1. The number of benzene rings is 2. The summed E-state index contributed by atoms with van der Waals surface area (Å²) in [6.45, 7) is 5.91. The minimum Gasteiger partial charge on any atom is -0.334 e. The maximum atomic E-state index is 13.1. The van der Waals surface area contributed by atoms with E-state index >= 15 is 0 Å². The number of carbonyl (C=O) groups excluding carboxylic acids is 4. The number of aryl methyl sites for hydroxylation is 1. The number of rotatable bonds is 4. The van der Waals surface area contributed by atoms with Gasteiger partial charge in [0.1, 0.15) is 0 Å². The maximum Gasteiger partial charge on any atom is 0.319 e. The summed E-state index contributed by atoms with van der Waals surface area (Å²) < 4.78 is 0. The number of carbonyl (C=O) groups is 4. The molecule has 1 aliphatic heterocycles. The SMILES string of the molecule is C=C1CCCC(N2C(=O)c3ccc(CNC(=O)Nc4ccc(C)c(Cl)c4)cc3C2=O)C(=O)C1. The van der Waals surface area contributed by atoms with Crippen LogP contribution in [0.1, 0.15) is 57.5 Å². The van der Waals surface area contributed by atoms with Crippen molar-refractivity contribution >= 4 is 40.9 Å². The van der Waals surface area contributed by atoms with Gasteiger partial charge in [0, 0.05) is 23.7 Å². The van der Waals surface area contributed by atoms with E-state index in [4.69, 9.17) is 11.6 Å². The van der Waals surface area contributed by atoms with Gasteiger partial charge in [0.05, 0.1) is 17.2 Å². The van der Waals surface area contributed by atoms with Gasteiger partial charge in [-0.3, -0.25) is 19.3 Å². The largest absolute Gasteiger partial charge is 0.334 e. The summed E-state index contributed by atoms with van der Waals surface area (Å²) in [5.74, 6) is -1.07. The van der Waals surface area contributed by atoms with Crippen LogP contribution in [0.5, 0.6) is 0 Å². The van der Waals surface area contributed by atoms with Crippen molar-refractivity contribution < 1.29 is 19.2 Å². The lowest BCUT2D eigenvalue weighted by Crippen LogP contribution is -2.44. The number of anilines is 1. The Morgan fingerprint density at radius 3 is 2.64 bits per heavy atom. The van der Waals surface area contributed by atoms with Gasteiger partial charge in [-0.2, -0.15) is 0 Å². The summed E-state index contributed by atoms with van der Waals surface area (Å²) >= 11 is 6.08. The lowest BCUT2D eigenvalue weighted by Gasteiger charge is -2.23. The fourth-order valence-electron chi connectivity index (χ4n) is 4.16. The molecule has 0 spiro atoms. The normalized spacial score (nSPS) is 18.2. The number of hydrogen-bond acceptors (Lipinski definition) is 4. The summed E-state index contributed by atoms with van der Waals surface area (Å²) in [5, 5.41) is 5.98. The fraction of sp³-hybridized carbons (Fsp3) is 0.280. The molecule has 2 N–H and O–H groups in total. The highest BCUT2D eigenvalue weighted by atomic mass is 35.5. The quantitative estimate of drug-likeness (QED) is 0.391. The van der Waals surface area contributed by atoms with Gasteiger partial charge in [-0.15, -0.1) is 0 Å². The second-order valence-corrected chi connectivity index (χ2v) is 8.84. The van der Waals surface area contributed by atoms with Crippen LogP contribution in [0.15, 0.2) is 48.6 Å². The molecule has 0 bridgehead atoms. The minimum atomic E-state index is -0.759. The summed E-state index contributed by atoms with van der Waals surface area (Å²) in [6, 6.07) is 8.89. The zero-order valence-corrected chi connectivity index (χ0v) is 19.0. The van der Waals surface area contributed by atoms with Gasteiger partial charge in [0.25, 0.3) is 11.8 Å². The lowest BCUT2D eigenvalue weighted by atomic mass is 10.1. The Balaban J connectivity index is 1.44. The van der Waals surface area contributed by atoms with E-state index in [1.807, 2.05) is 13.0 Å². The molecular formula is C25H24ClN3O4. The molecule has 0 aromatic heterocycles. The lowest BCUT2D eigenvalue weighted by molar-refractivity contribution is -0.122. The molecule has 170 valence electrons. The second-order valence-electron chi connectivity index (χ2n) is 8.43. The van der Waals surface area contributed by atoms with Gasteiger partial charge in [0.2, 0.25) is 0 Å². The van der Waals surface area contributed by atoms with E-state index in [1.165, 1.54) is 0 Å². The van der Waals surface area contributed by atoms with Crippen molar-refractivity contribution in [1.29, 1.82) is 0 Å². The first-order valence-electron chi connectivity index (χ1n) is 10.8. The van der Waals surface area contributed by atoms with Crippen LogP contribution >= 0.6 is 11.6 Å². The molecule has 1 aliphatic carbocycles. The van der Waals surface area contributed by atoms with Crippen molar-refractivity contribution in [3.8, 4) is 0 Å². The van der Waals surface area contributed by atoms with Crippen molar-refractivity contribution in [3.63, 3.8) is 0 Å². The highest BCUT2D eigenvalue weighted by Crippen LogP contribution is 2.30. The Kier molecular flexibility index (Phi) is 6.33. The van der Waals surface area contributed by atoms with Gasteiger partial charge in [0.15, 0.2) is 5.78 Å². The number of Topliss-reactive ketones (excluding diaryl/α,β-unsaturated/α-hetero) is 1. The van der Waals surface area contributed by atoms with Crippen LogP contribution in [0.4, 0.5) is 10.5 Å². The van der Waals surface area contributed by atoms with Crippen molar-refractivity contribution in [2.24, 2.45) is 0 Å². The van der Waals surface area contributed by atoms with Crippen LogP contribution in [-0.4, -0.2) is 34.6 Å². The van der Waals surface area contributed by atoms with Gasteiger partial charge >= 0.3 is 6.03 Å². The molecule has 2 aromatic rings. The number of urea groups is 1. The van der Waals surface area contributed by atoms with E-state index in [2.05, 4.69) is 17.2 Å². The molecule has 4 amide bonds. The van der Waals surface area contributed by atoms with E-state index in [9.17, 15) is 19.2 Å². The molecule has 1 fully saturated rings. The molecule has 33 heavy (non-hydrogen) atoms. The number of allylic oxidation sites excluding steroid dienone is 1. The predicted octanol–water partition coefficient (Wildman–Crippen LogP) is 4.63. The Bertz CT molecular complexity index is 1190. The van der Waals surface area contributed by atoms with Crippen LogP contribution in [0.25, 0.3) is 0 Å². The summed E-state index contributed by atoms with van der Waals surface area (Å²) in [4.78, 5) is 51.9. The molecule has 2 aromatic carbocycles. The van der Waals surface area contributed by atoms with Crippen molar-refractivity contribution in [2.75, 3.05) is 5.32 Å². The molecule has 1 unspecified atom stereocenters. The minimum absolute atomic E-state index is 0.151. The third-order valence-electron chi connectivity index (χ3n) is 5.98. The smallest absolute Gasteiger partial charge is 0.319 e. The number of ketones is 1. The number of halogens is 1. The van der Waals surface area contributed by atoms with Crippen LogP contribution in [0.3, 0.4) is 0 Å². The molecular weight excluding hydrogens is 442 g/mol. The highest BCUT2D eigenvalue weighted by molar-refractivity contribution is 6.31. The number of fused-ring (bicyclic) bond motifs is 1. The summed E-state index contributed by atoms with van der Waals surface area (Å²) in [7, 11) is 0. The summed E-state index contributed by atoms with van der Waals surface area (Å²) in [5.41, 5.74) is 3.49. The van der Waals surface area contributed by atoms with Gasteiger partial charge in [-0.1, -0.05) is 35.9 Å². The van der Waals surface area contributed by atoms with Gasteiger partial charge < -0.3 is 10.6 Å². The third-order valence-corrected chi connectivity index (χ3v) is 6.39. The molecule has 1 heterocycles. The predicted molar refractivity (Wildman–Crippen MR) is 125 cm³/mol. The second kappa shape index (κ2) is 9.19. The standard InChI is InChI=1S/C25H24ClN3O4/c1-14-4-3-5-21(22(30)10-14)29-23(31)18-9-7-16(11-19(18)24(29)32)13-27-25(33)28-17-8-6-15(2)20(26)12-17/h6-9,11-12,21H,1,3-5,10,13H2,2H3,(H2,27,28,33). The van der Waals surface area contributed by atoms with E-state index in [-0.39, 0.29) is 29.9 Å². The molecule has 1 atom stereocenters. The topological polar surface area (TPSA) is 95.6 Å². The van der Waals surface area contributed by atoms with Gasteiger partial charge in [-0.25, -0.2) is 4.79 Å². The van der Waals surface area contributed by atoms with Crippen molar-refractivity contribution in [1.82, 2.24) is 10.2 Å². The average Bonchev–Trinajstić information content (AvgIpc) is 2.89. The molecule has 0 saturated heterocycles.